The Morgan fingerprint density at radius 1 is 1.36 bits per heavy atom. The number of nitrogens with two attached hydrogens (primary N) is 1. The maximum atomic E-state index is 9.69. The van der Waals surface area contributed by atoms with E-state index < -0.39 is 0 Å². The number of anilines is 2. The normalized spacial score (nSPS) is 21.0. The highest BCUT2D eigenvalue weighted by Gasteiger charge is 2.34. The van der Waals surface area contributed by atoms with Gasteiger partial charge in [0.2, 0.25) is 5.95 Å². The van der Waals surface area contributed by atoms with E-state index in [-0.39, 0.29) is 12.1 Å². The first-order valence-corrected chi connectivity index (χ1v) is 8.40. The molecule has 0 saturated heterocycles. The number of aryl methyl sites for hydroxylation is 1. The highest BCUT2D eigenvalue weighted by atomic mass is 16.3. The van der Waals surface area contributed by atoms with Crippen molar-refractivity contribution in [1.29, 1.82) is 0 Å². The van der Waals surface area contributed by atoms with E-state index in [1.165, 1.54) is 0 Å². The second kappa shape index (κ2) is 6.29. The molecule has 1 atom stereocenters. The largest absolute Gasteiger partial charge is 0.393 e. The summed E-state index contributed by atoms with van der Waals surface area (Å²) in [7, 11) is 1.83. The maximum Gasteiger partial charge on any atom is 0.226 e. The second-order valence-corrected chi connectivity index (χ2v) is 6.60. The molecule has 3 aromatic heterocycles. The molecule has 1 saturated carbocycles. The summed E-state index contributed by atoms with van der Waals surface area (Å²) < 4.78 is 1.68. The number of hydrogen-bond acceptors (Lipinski definition) is 7. The van der Waals surface area contributed by atoms with Gasteiger partial charge in [-0.05, 0) is 30.9 Å². The molecule has 1 aliphatic carbocycles. The molecule has 25 heavy (non-hydrogen) atoms. The third-order valence-electron chi connectivity index (χ3n) is 4.81. The summed E-state index contributed by atoms with van der Waals surface area (Å²) >= 11 is 0. The van der Waals surface area contributed by atoms with Crippen molar-refractivity contribution in [2.24, 2.45) is 13.0 Å². The highest BCUT2D eigenvalue weighted by Crippen LogP contribution is 2.33. The van der Waals surface area contributed by atoms with E-state index in [1.807, 2.05) is 25.2 Å². The molecular weight excluding hydrogens is 318 g/mol. The molecule has 0 aliphatic heterocycles. The van der Waals surface area contributed by atoms with Crippen LogP contribution >= 0.6 is 0 Å². The molecule has 0 bridgehead atoms. The minimum Gasteiger partial charge on any atom is -0.393 e. The molecule has 0 radical (unpaired) electrons. The molecule has 0 spiro atoms. The van der Waals surface area contributed by atoms with Gasteiger partial charge in [-0.1, -0.05) is 6.07 Å². The van der Waals surface area contributed by atoms with Crippen LogP contribution in [0.4, 0.5) is 11.8 Å². The van der Waals surface area contributed by atoms with Gasteiger partial charge in [-0.25, -0.2) is 0 Å². The SMILES string of the molecule is Cn1ncc2c(N)nc(N[C@@H](Cc3ccccn3)C3CC(O)C3)nc21. The summed E-state index contributed by atoms with van der Waals surface area (Å²) in [5, 5.41) is 18.0. The lowest BCUT2D eigenvalue weighted by Crippen LogP contribution is -2.42. The lowest BCUT2D eigenvalue weighted by molar-refractivity contribution is 0.0340. The molecule has 4 rings (SSSR count). The van der Waals surface area contributed by atoms with Gasteiger partial charge in [0.05, 0.1) is 17.7 Å². The van der Waals surface area contributed by atoms with Crippen molar-refractivity contribution in [2.45, 2.75) is 31.4 Å². The third-order valence-corrected chi connectivity index (χ3v) is 4.81. The number of hydrogen-bond donors (Lipinski definition) is 3. The smallest absolute Gasteiger partial charge is 0.226 e. The van der Waals surface area contributed by atoms with Gasteiger partial charge in [0.25, 0.3) is 0 Å². The summed E-state index contributed by atoms with van der Waals surface area (Å²) in [6.07, 6.45) is 5.52. The topological polar surface area (TPSA) is 115 Å². The molecule has 1 fully saturated rings. The van der Waals surface area contributed by atoms with Gasteiger partial charge in [0.1, 0.15) is 5.82 Å². The molecule has 8 nitrogen and oxygen atoms in total. The fraction of sp³-hybridized carbons (Fsp3) is 0.412. The number of nitrogens with one attached hydrogen (secondary N) is 1. The van der Waals surface area contributed by atoms with Crippen LogP contribution in [-0.4, -0.2) is 42.0 Å². The predicted molar refractivity (Wildman–Crippen MR) is 94.8 cm³/mol. The molecule has 130 valence electrons. The summed E-state index contributed by atoms with van der Waals surface area (Å²) in [4.78, 5) is 13.3. The summed E-state index contributed by atoms with van der Waals surface area (Å²) in [5.74, 6) is 1.24. The van der Waals surface area contributed by atoms with E-state index >= 15 is 0 Å². The first kappa shape index (κ1) is 15.8. The van der Waals surface area contributed by atoms with Gasteiger partial charge in [0.15, 0.2) is 5.65 Å². The van der Waals surface area contributed by atoms with Crippen LogP contribution in [0.25, 0.3) is 11.0 Å². The van der Waals surface area contributed by atoms with Crippen LogP contribution in [0.1, 0.15) is 18.5 Å². The van der Waals surface area contributed by atoms with Gasteiger partial charge in [-0.15, -0.1) is 0 Å². The number of rotatable bonds is 5. The minimum absolute atomic E-state index is 0.0865. The Morgan fingerprint density at radius 3 is 2.92 bits per heavy atom. The summed E-state index contributed by atoms with van der Waals surface area (Å²) in [6, 6.07) is 5.97. The average Bonchev–Trinajstić information content (AvgIpc) is 2.94. The molecule has 3 aromatic rings. The molecule has 0 amide bonds. The van der Waals surface area contributed by atoms with Crippen LogP contribution < -0.4 is 11.1 Å². The van der Waals surface area contributed by atoms with Crippen LogP contribution in [0.5, 0.6) is 0 Å². The van der Waals surface area contributed by atoms with Crippen molar-refractivity contribution < 1.29 is 5.11 Å². The van der Waals surface area contributed by atoms with Crippen molar-refractivity contribution in [3.8, 4) is 0 Å². The van der Waals surface area contributed by atoms with Gasteiger partial charge in [-0.3, -0.25) is 9.67 Å². The predicted octanol–water partition coefficient (Wildman–Crippen LogP) is 1.13. The van der Waals surface area contributed by atoms with E-state index in [0.717, 1.165) is 30.3 Å². The first-order chi connectivity index (χ1) is 12.1. The second-order valence-electron chi connectivity index (χ2n) is 6.60. The number of aliphatic hydroxyl groups is 1. The van der Waals surface area contributed by atoms with Crippen molar-refractivity contribution in [2.75, 3.05) is 11.1 Å². The van der Waals surface area contributed by atoms with Crippen LogP contribution in [0.2, 0.25) is 0 Å². The van der Waals surface area contributed by atoms with Gasteiger partial charge < -0.3 is 16.2 Å². The van der Waals surface area contributed by atoms with Crippen LogP contribution in [0.3, 0.4) is 0 Å². The van der Waals surface area contributed by atoms with Crippen molar-refractivity contribution in [1.82, 2.24) is 24.7 Å². The number of fused-ring (bicyclic) bond motifs is 1. The Hall–Kier alpha value is -2.74. The number of aliphatic hydroxyl groups excluding tert-OH is 1. The lowest BCUT2D eigenvalue weighted by Gasteiger charge is -2.38. The number of nitrogens with zero attached hydrogens (tertiary/aromatic N) is 5. The third kappa shape index (κ3) is 3.12. The van der Waals surface area contributed by atoms with Crippen molar-refractivity contribution in [3.05, 3.63) is 36.3 Å². The number of pyridine rings is 1. The van der Waals surface area contributed by atoms with E-state index in [9.17, 15) is 5.11 Å². The Balaban J connectivity index is 1.60. The van der Waals surface area contributed by atoms with Gasteiger partial charge in [-0.2, -0.15) is 15.1 Å². The molecule has 3 heterocycles. The van der Waals surface area contributed by atoms with Crippen LogP contribution in [0.15, 0.2) is 30.6 Å². The molecular formula is C17H21N7O. The molecule has 8 heteroatoms. The Morgan fingerprint density at radius 2 is 2.20 bits per heavy atom. The zero-order valence-electron chi connectivity index (χ0n) is 14.0. The molecule has 4 N–H and O–H groups in total. The standard InChI is InChI=1S/C17H21N7O/c1-24-16-13(9-20-24)15(18)22-17(23-16)21-14(10-6-12(25)7-10)8-11-4-2-3-5-19-11/h2-5,9-10,12,14,25H,6-8H2,1H3,(H3,18,21,22,23)/t10?,12?,14-/m0/s1. The Kier molecular flexibility index (Phi) is 3.96. The van der Waals surface area contributed by atoms with E-state index in [1.54, 1.807) is 17.1 Å². The zero-order chi connectivity index (χ0) is 17.4. The Bertz CT molecular complexity index is 873. The fourth-order valence-electron chi connectivity index (χ4n) is 3.31. The van der Waals surface area contributed by atoms with Gasteiger partial charge >= 0.3 is 0 Å². The lowest BCUT2D eigenvalue weighted by atomic mass is 9.76. The molecule has 0 unspecified atom stereocenters. The first-order valence-electron chi connectivity index (χ1n) is 8.40. The van der Waals surface area contributed by atoms with Gasteiger partial charge in [0, 0.05) is 31.4 Å². The van der Waals surface area contributed by atoms with E-state index in [2.05, 4.69) is 25.4 Å². The monoisotopic (exact) mass is 339 g/mol. The quantitative estimate of drug-likeness (QED) is 0.638. The van der Waals surface area contributed by atoms with E-state index in [4.69, 9.17) is 5.73 Å². The number of nitrogen functional groups attached to an aromatic ring is 1. The number of aromatic nitrogens is 5. The molecule has 1 aliphatic rings. The molecule has 0 aromatic carbocycles. The summed E-state index contributed by atoms with van der Waals surface area (Å²) in [5.41, 5.74) is 7.74. The van der Waals surface area contributed by atoms with Crippen LogP contribution in [-0.2, 0) is 13.5 Å². The minimum atomic E-state index is -0.219. The highest BCUT2D eigenvalue weighted by molar-refractivity contribution is 5.86. The van der Waals surface area contributed by atoms with Crippen molar-refractivity contribution in [3.63, 3.8) is 0 Å². The average molecular weight is 339 g/mol. The van der Waals surface area contributed by atoms with E-state index in [0.29, 0.717) is 23.3 Å². The zero-order valence-corrected chi connectivity index (χ0v) is 14.0. The summed E-state index contributed by atoms with van der Waals surface area (Å²) in [6.45, 7) is 0. The van der Waals surface area contributed by atoms with Crippen molar-refractivity contribution >= 4 is 22.8 Å². The fourth-order valence-corrected chi connectivity index (χ4v) is 3.31. The Labute approximate surface area is 145 Å². The maximum absolute atomic E-state index is 9.69. The van der Waals surface area contributed by atoms with Crippen LogP contribution in [0, 0.1) is 5.92 Å².